The molecule has 0 N–H and O–H groups in total. The lowest BCUT2D eigenvalue weighted by Crippen LogP contribution is -2.49. The maximum absolute atomic E-state index is 12.6. The first-order valence-electron chi connectivity index (χ1n) is 7.89. The number of nitro groups is 1. The van der Waals surface area contributed by atoms with E-state index in [9.17, 15) is 18.5 Å². The molecule has 10 heteroatoms. The highest BCUT2D eigenvalue weighted by molar-refractivity contribution is 7.89. The SMILES string of the molecule is O=[N+]([O-])c1ccc(S(=O)(=O)N2CCN(CCn3ccnc3)CC2)cc1. The van der Waals surface area contributed by atoms with Gasteiger partial charge < -0.3 is 4.57 Å². The molecular weight excluding hydrogens is 346 g/mol. The lowest BCUT2D eigenvalue weighted by atomic mass is 10.3. The zero-order valence-electron chi connectivity index (χ0n) is 13.6. The number of piperazine rings is 1. The van der Waals surface area contributed by atoms with E-state index >= 15 is 0 Å². The van der Waals surface area contributed by atoms with Crippen molar-refractivity contribution in [2.45, 2.75) is 11.4 Å². The van der Waals surface area contributed by atoms with Crippen molar-refractivity contribution in [1.29, 1.82) is 0 Å². The van der Waals surface area contributed by atoms with Crippen LogP contribution in [0.1, 0.15) is 0 Å². The van der Waals surface area contributed by atoms with Crippen LogP contribution in [-0.4, -0.2) is 64.8 Å². The Bertz CT molecular complexity index is 812. The van der Waals surface area contributed by atoms with Gasteiger partial charge >= 0.3 is 0 Å². The van der Waals surface area contributed by atoms with Gasteiger partial charge in [-0.1, -0.05) is 0 Å². The first-order chi connectivity index (χ1) is 12.0. The number of rotatable bonds is 6. The normalized spacial score (nSPS) is 16.8. The molecule has 0 atom stereocenters. The molecule has 0 aliphatic carbocycles. The van der Waals surface area contributed by atoms with Crippen molar-refractivity contribution in [3.8, 4) is 0 Å². The second kappa shape index (κ2) is 7.30. The molecule has 2 aromatic rings. The Labute approximate surface area is 145 Å². The number of nitrogens with zero attached hydrogens (tertiary/aromatic N) is 5. The van der Waals surface area contributed by atoms with Gasteiger partial charge in [-0.15, -0.1) is 0 Å². The minimum absolute atomic E-state index is 0.0879. The fourth-order valence-corrected chi connectivity index (χ4v) is 4.18. The lowest BCUT2D eigenvalue weighted by molar-refractivity contribution is -0.384. The van der Waals surface area contributed by atoms with Gasteiger partial charge in [0.2, 0.25) is 10.0 Å². The number of sulfonamides is 1. The molecule has 1 aromatic heterocycles. The summed E-state index contributed by atoms with van der Waals surface area (Å²) in [6.45, 7) is 3.77. The molecule has 0 unspecified atom stereocenters. The Morgan fingerprint density at radius 3 is 2.32 bits per heavy atom. The summed E-state index contributed by atoms with van der Waals surface area (Å²) in [5.74, 6) is 0. The number of benzene rings is 1. The van der Waals surface area contributed by atoms with Gasteiger partial charge in [0.05, 0.1) is 16.1 Å². The second-order valence-electron chi connectivity index (χ2n) is 5.80. The van der Waals surface area contributed by atoms with Gasteiger partial charge in [0.1, 0.15) is 0 Å². The summed E-state index contributed by atoms with van der Waals surface area (Å²) < 4.78 is 28.7. The Balaban J connectivity index is 1.58. The number of hydrogen-bond donors (Lipinski definition) is 0. The molecule has 1 aliphatic rings. The molecule has 2 heterocycles. The van der Waals surface area contributed by atoms with Crippen LogP contribution in [0, 0.1) is 10.1 Å². The average molecular weight is 365 g/mol. The fraction of sp³-hybridized carbons (Fsp3) is 0.400. The van der Waals surface area contributed by atoms with Gasteiger partial charge in [0, 0.05) is 63.8 Å². The van der Waals surface area contributed by atoms with Crippen LogP contribution in [0.4, 0.5) is 5.69 Å². The predicted molar refractivity (Wildman–Crippen MR) is 90.5 cm³/mol. The highest BCUT2D eigenvalue weighted by atomic mass is 32.2. The maximum Gasteiger partial charge on any atom is 0.269 e. The summed E-state index contributed by atoms with van der Waals surface area (Å²) in [5.41, 5.74) is -0.122. The van der Waals surface area contributed by atoms with Crippen molar-refractivity contribution < 1.29 is 13.3 Å². The minimum atomic E-state index is -3.62. The van der Waals surface area contributed by atoms with Crippen molar-refractivity contribution >= 4 is 15.7 Å². The second-order valence-corrected chi connectivity index (χ2v) is 7.74. The van der Waals surface area contributed by atoms with E-state index in [1.54, 1.807) is 12.5 Å². The van der Waals surface area contributed by atoms with Crippen LogP contribution in [0.5, 0.6) is 0 Å². The molecule has 1 saturated heterocycles. The van der Waals surface area contributed by atoms with Crippen molar-refractivity contribution in [2.24, 2.45) is 0 Å². The number of hydrogen-bond acceptors (Lipinski definition) is 6. The van der Waals surface area contributed by atoms with Crippen LogP contribution in [0.2, 0.25) is 0 Å². The van der Waals surface area contributed by atoms with Gasteiger partial charge in [0.25, 0.3) is 5.69 Å². The zero-order chi connectivity index (χ0) is 17.9. The van der Waals surface area contributed by atoms with E-state index in [1.807, 2.05) is 10.8 Å². The standard InChI is InChI=1S/C15H19N5O4S/c21-20(22)14-1-3-15(4-2-14)25(23,24)19-11-9-17(10-12-19)7-8-18-6-5-16-13-18/h1-6,13H,7-12H2. The Hall–Kier alpha value is -2.30. The largest absolute Gasteiger partial charge is 0.336 e. The molecular formula is C15H19N5O4S. The molecule has 0 bridgehead atoms. The lowest BCUT2D eigenvalue weighted by Gasteiger charge is -2.33. The van der Waals surface area contributed by atoms with Crippen LogP contribution in [-0.2, 0) is 16.6 Å². The summed E-state index contributed by atoms with van der Waals surface area (Å²) in [6.07, 6.45) is 5.39. The zero-order valence-corrected chi connectivity index (χ0v) is 14.4. The monoisotopic (exact) mass is 365 g/mol. The third-order valence-electron chi connectivity index (χ3n) is 4.25. The van der Waals surface area contributed by atoms with Crippen molar-refractivity contribution in [2.75, 3.05) is 32.7 Å². The van der Waals surface area contributed by atoms with E-state index in [0.29, 0.717) is 26.2 Å². The van der Waals surface area contributed by atoms with E-state index in [1.165, 1.54) is 28.6 Å². The molecule has 0 radical (unpaired) electrons. The smallest absolute Gasteiger partial charge is 0.269 e. The molecule has 1 aromatic carbocycles. The topological polar surface area (TPSA) is 102 Å². The molecule has 134 valence electrons. The van der Waals surface area contributed by atoms with E-state index in [-0.39, 0.29) is 10.6 Å². The van der Waals surface area contributed by atoms with Crippen molar-refractivity contribution in [3.05, 3.63) is 53.1 Å². The first-order valence-corrected chi connectivity index (χ1v) is 9.33. The molecule has 1 fully saturated rings. The van der Waals surface area contributed by atoms with Crippen LogP contribution in [0.25, 0.3) is 0 Å². The van der Waals surface area contributed by atoms with E-state index < -0.39 is 14.9 Å². The Kier molecular flexibility index (Phi) is 5.11. The molecule has 1 aliphatic heterocycles. The van der Waals surface area contributed by atoms with E-state index in [4.69, 9.17) is 0 Å². The first kappa shape index (κ1) is 17.5. The van der Waals surface area contributed by atoms with E-state index in [2.05, 4.69) is 9.88 Å². The summed E-state index contributed by atoms with van der Waals surface area (Å²) >= 11 is 0. The third-order valence-corrected chi connectivity index (χ3v) is 6.16. The van der Waals surface area contributed by atoms with Gasteiger partial charge in [-0.05, 0) is 12.1 Å². The number of imidazole rings is 1. The van der Waals surface area contributed by atoms with Gasteiger partial charge in [-0.2, -0.15) is 4.31 Å². The third kappa shape index (κ3) is 4.03. The Morgan fingerprint density at radius 2 is 1.76 bits per heavy atom. The van der Waals surface area contributed by atoms with E-state index in [0.717, 1.165) is 13.1 Å². The molecule has 0 spiro atoms. The summed E-state index contributed by atoms with van der Waals surface area (Å²) in [4.78, 5) is 16.4. The number of non-ortho nitro benzene ring substituents is 1. The van der Waals surface area contributed by atoms with Crippen LogP contribution >= 0.6 is 0 Å². The van der Waals surface area contributed by atoms with Gasteiger partial charge in [-0.3, -0.25) is 15.0 Å². The Morgan fingerprint density at radius 1 is 1.08 bits per heavy atom. The van der Waals surface area contributed by atoms with Crippen LogP contribution in [0.3, 0.4) is 0 Å². The summed E-state index contributed by atoms with van der Waals surface area (Å²) in [6, 6.07) is 5.01. The molecule has 25 heavy (non-hydrogen) atoms. The average Bonchev–Trinajstić information content (AvgIpc) is 3.14. The van der Waals surface area contributed by atoms with Gasteiger partial charge in [0.15, 0.2) is 0 Å². The minimum Gasteiger partial charge on any atom is -0.336 e. The highest BCUT2D eigenvalue weighted by Crippen LogP contribution is 2.20. The fourth-order valence-electron chi connectivity index (χ4n) is 2.76. The van der Waals surface area contributed by atoms with Crippen LogP contribution in [0.15, 0.2) is 47.9 Å². The van der Waals surface area contributed by atoms with Crippen LogP contribution < -0.4 is 0 Å². The predicted octanol–water partition coefficient (Wildman–Crippen LogP) is 0.798. The number of nitro benzene ring substituents is 1. The summed E-state index contributed by atoms with van der Waals surface area (Å²) in [5, 5.41) is 10.7. The quantitative estimate of drug-likeness (QED) is 0.554. The highest BCUT2D eigenvalue weighted by Gasteiger charge is 2.28. The van der Waals surface area contributed by atoms with Crippen molar-refractivity contribution in [3.63, 3.8) is 0 Å². The maximum atomic E-state index is 12.6. The molecule has 9 nitrogen and oxygen atoms in total. The molecule has 0 saturated carbocycles. The number of aromatic nitrogens is 2. The summed E-state index contributed by atoms with van der Waals surface area (Å²) in [7, 11) is -3.62. The van der Waals surface area contributed by atoms with Gasteiger partial charge in [-0.25, -0.2) is 13.4 Å². The van der Waals surface area contributed by atoms with Crippen molar-refractivity contribution in [1.82, 2.24) is 18.8 Å². The molecule has 3 rings (SSSR count). The molecule has 0 amide bonds.